The van der Waals surface area contributed by atoms with E-state index in [0.717, 1.165) is 5.56 Å². The molecule has 0 fully saturated rings. The molecular formula is C18H16N6O2S. The summed E-state index contributed by atoms with van der Waals surface area (Å²) in [5.41, 5.74) is 2.35. The van der Waals surface area contributed by atoms with Crippen LogP contribution in [0.3, 0.4) is 0 Å². The Hall–Kier alpha value is -3.20. The molecule has 0 aliphatic heterocycles. The van der Waals surface area contributed by atoms with Crippen molar-refractivity contribution in [1.82, 2.24) is 30.3 Å². The van der Waals surface area contributed by atoms with Crippen molar-refractivity contribution in [2.45, 2.75) is 18.1 Å². The third-order valence-corrected chi connectivity index (χ3v) is 4.80. The number of hydrogen-bond acceptors (Lipinski definition) is 7. The zero-order valence-electron chi connectivity index (χ0n) is 14.3. The van der Waals surface area contributed by atoms with Crippen LogP contribution in [0.25, 0.3) is 11.2 Å². The molecule has 0 aliphatic rings. The molecule has 4 rings (SSSR count). The summed E-state index contributed by atoms with van der Waals surface area (Å²) in [6, 6.07) is 13.6. The molecular weight excluding hydrogens is 364 g/mol. The molecule has 0 aliphatic carbocycles. The van der Waals surface area contributed by atoms with E-state index in [1.54, 1.807) is 17.0 Å². The van der Waals surface area contributed by atoms with Gasteiger partial charge in [0.2, 0.25) is 5.91 Å². The highest BCUT2D eigenvalue weighted by atomic mass is 32.2. The van der Waals surface area contributed by atoms with Crippen LogP contribution in [-0.2, 0) is 17.9 Å². The first-order valence-corrected chi connectivity index (χ1v) is 9.28. The Kier molecular flexibility index (Phi) is 5.10. The monoisotopic (exact) mass is 380 g/mol. The maximum Gasteiger partial charge on any atom is 0.230 e. The number of nitrogens with one attached hydrogen (secondary N) is 1. The van der Waals surface area contributed by atoms with E-state index in [9.17, 15) is 4.79 Å². The number of fused-ring (bicyclic) bond motifs is 1. The first kappa shape index (κ1) is 17.2. The molecule has 27 heavy (non-hydrogen) atoms. The number of carbonyl (C=O) groups is 1. The Morgan fingerprint density at radius 3 is 2.85 bits per heavy atom. The molecule has 1 aromatic carbocycles. The van der Waals surface area contributed by atoms with Crippen LogP contribution in [0, 0.1) is 0 Å². The van der Waals surface area contributed by atoms with Gasteiger partial charge in [-0.15, -0.1) is 5.10 Å². The highest BCUT2D eigenvalue weighted by Crippen LogP contribution is 2.22. The van der Waals surface area contributed by atoms with Gasteiger partial charge >= 0.3 is 0 Å². The molecule has 1 N–H and O–H groups in total. The van der Waals surface area contributed by atoms with Gasteiger partial charge in [0.1, 0.15) is 17.1 Å². The van der Waals surface area contributed by atoms with Crippen molar-refractivity contribution in [3.05, 3.63) is 66.4 Å². The van der Waals surface area contributed by atoms with E-state index >= 15 is 0 Å². The Morgan fingerprint density at radius 1 is 1.15 bits per heavy atom. The lowest BCUT2D eigenvalue weighted by molar-refractivity contribution is -0.118. The van der Waals surface area contributed by atoms with Gasteiger partial charge < -0.3 is 9.73 Å². The Balaban J connectivity index is 1.42. The predicted molar refractivity (Wildman–Crippen MR) is 99.9 cm³/mol. The van der Waals surface area contributed by atoms with Gasteiger partial charge in [-0.25, -0.2) is 14.6 Å². The quantitative estimate of drug-likeness (QED) is 0.388. The van der Waals surface area contributed by atoms with Gasteiger partial charge in [-0.2, -0.15) is 0 Å². The fourth-order valence-electron chi connectivity index (χ4n) is 2.52. The van der Waals surface area contributed by atoms with Crippen LogP contribution in [0.4, 0.5) is 0 Å². The molecule has 0 saturated carbocycles. The summed E-state index contributed by atoms with van der Waals surface area (Å²) in [5, 5.41) is 11.8. The van der Waals surface area contributed by atoms with Gasteiger partial charge in [0.15, 0.2) is 11.2 Å². The molecule has 0 spiro atoms. The number of thioether (sulfide) groups is 1. The number of benzene rings is 1. The van der Waals surface area contributed by atoms with E-state index in [2.05, 4.69) is 25.6 Å². The minimum absolute atomic E-state index is 0.111. The first-order valence-electron chi connectivity index (χ1n) is 8.29. The smallest absolute Gasteiger partial charge is 0.230 e. The van der Waals surface area contributed by atoms with Gasteiger partial charge in [-0.1, -0.05) is 47.3 Å². The molecule has 1 amide bonds. The summed E-state index contributed by atoms with van der Waals surface area (Å²) in [4.78, 5) is 20.6. The van der Waals surface area contributed by atoms with Crippen LogP contribution >= 0.6 is 11.8 Å². The van der Waals surface area contributed by atoms with Crippen LogP contribution in [0.15, 0.2) is 64.5 Å². The Labute approximate surface area is 159 Å². The second-order valence-electron chi connectivity index (χ2n) is 5.73. The molecule has 0 saturated heterocycles. The molecule has 3 aromatic heterocycles. The number of rotatable bonds is 7. The average molecular weight is 380 g/mol. The second-order valence-corrected chi connectivity index (χ2v) is 6.69. The normalized spacial score (nSPS) is 11.0. The van der Waals surface area contributed by atoms with Crippen molar-refractivity contribution in [2.75, 3.05) is 5.75 Å². The predicted octanol–water partition coefficient (Wildman–Crippen LogP) is 2.27. The van der Waals surface area contributed by atoms with E-state index in [-0.39, 0.29) is 11.7 Å². The zero-order valence-corrected chi connectivity index (χ0v) is 15.1. The Morgan fingerprint density at radius 2 is 2.04 bits per heavy atom. The molecule has 9 heteroatoms. The fourth-order valence-corrected chi connectivity index (χ4v) is 3.28. The minimum atomic E-state index is -0.111. The summed E-state index contributed by atoms with van der Waals surface area (Å²) in [6.45, 7) is 0.931. The summed E-state index contributed by atoms with van der Waals surface area (Å²) in [5.74, 6) is 0.819. The van der Waals surface area contributed by atoms with E-state index in [1.165, 1.54) is 18.1 Å². The molecule has 8 nitrogen and oxygen atoms in total. The maximum atomic E-state index is 12.0. The first-order chi connectivity index (χ1) is 13.3. The number of hydrogen-bond donors (Lipinski definition) is 1. The third-order valence-electron chi connectivity index (χ3n) is 3.82. The molecule has 3 heterocycles. The van der Waals surface area contributed by atoms with E-state index < -0.39 is 0 Å². The number of aromatic nitrogens is 5. The number of amides is 1. The van der Waals surface area contributed by atoms with Gasteiger partial charge in [0, 0.05) is 0 Å². The van der Waals surface area contributed by atoms with Crippen LogP contribution in [0.5, 0.6) is 0 Å². The lowest BCUT2D eigenvalue weighted by Crippen LogP contribution is -2.24. The van der Waals surface area contributed by atoms with Crippen molar-refractivity contribution in [2.24, 2.45) is 0 Å². The molecule has 0 bridgehead atoms. The largest absolute Gasteiger partial charge is 0.467 e. The molecule has 4 aromatic rings. The summed E-state index contributed by atoms with van der Waals surface area (Å²) in [7, 11) is 0. The summed E-state index contributed by atoms with van der Waals surface area (Å²) in [6.07, 6.45) is 3.04. The third kappa shape index (κ3) is 4.14. The van der Waals surface area contributed by atoms with E-state index in [1.807, 2.05) is 36.4 Å². The van der Waals surface area contributed by atoms with E-state index in [4.69, 9.17) is 4.42 Å². The van der Waals surface area contributed by atoms with Crippen LogP contribution < -0.4 is 5.32 Å². The molecule has 0 unspecified atom stereocenters. The topological polar surface area (TPSA) is 98.7 Å². The lowest BCUT2D eigenvalue weighted by Gasteiger charge is -2.04. The van der Waals surface area contributed by atoms with Crippen molar-refractivity contribution < 1.29 is 9.21 Å². The highest BCUT2D eigenvalue weighted by molar-refractivity contribution is 8.00. The van der Waals surface area contributed by atoms with Crippen LogP contribution in [-0.4, -0.2) is 36.6 Å². The second kappa shape index (κ2) is 8.00. The average Bonchev–Trinajstić information content (AvgIpc) is 3.36. The van der Waals surface area contributed by atoms with Crippen molar-refractivity contribution in [3.63, 3.8) is 0 Å². The Bertz CT molecular complexity index is 1030. The highest BCUT2D eigenvalue weighted by Gasteiger charge is 2.14. The van der Waals surface area contributed by atoms with E-state index in [0.29, 0.717) is 35.0 Å². The summed E-state index contributed by atoms with van der Waals surface area (Å²) < 4.78 is 6.92. The number of furan rings is 1. The van der Waals surface area contributed by atoms with Crippen LogP contribution in [0.2, 0.25) is 0 Å². The summed E-state index contributed by atoms with van der Waals surface area (Å²) >= 11 is 1.31. The van der Waals surface area contributed by atoms with Gasteiger partial charge in [-0.3, -0.25) is 4.79 Å². The zero-order chi connectivity index (χ0) is 18.5. The molecule has 0 atom stereocenters. The number of carbonyl (C=O) groups excluding carboxylic acids is 1. The van der Waals surface area contributed by atoms with Crippen molar-refractivity contribution in [1.29, 1.82) is 0 Å². The minimum Gasteiger partial charge on any atom is -0.467 e. The van der Waals surface area contributed by atoms with Gasteiger partial charge in [-0.05, 0) is 17.7 Å². The SMILES string of the molecule is O=C(CSc1ncnc2c1nnn2Cc1ccccc1)NCc1ccco1. The van der Waals surface area contributed by atoms with Crippen molar-refractivity contribution in [3.8, 4) is 0 Å². The lowest BCUT2D eigenvalue weighted by atomic mass is 10.2. The van der Waals surface area contributed by atoms with Crippen molar-refractivity contribution >= 4 is 28.8 Å². The van der Waals surface area contributed by atoms with Gasteiger partial charge in [0.25, 0.3) is 0 Å². The fraction of sp³-hybridized carbons (Fsp3) is 0.167. The van der Waals surface area contributed by atoms with Crippen LogP contribution in [0.1, 0.15) is 11.3 Å². The van der Waals surface area contributed by atoms with Gasteiger partial charge in [0.05, 0.1) is 25.1 Å². The molecule has 136 valence electrons. The maximum absolute atomic E-state index is 12.0. The number of nitrogens with zero attached hydrogens (tertiary/aromatic N) is 5. The standard InChI is InChI=1S/C18H16N6O2S/c25-15(19-9-14-7-4-8-26-14)11-27-18-16-17(20-12-21-18)24(23-22-16)10-13-5-2-1-3-6-13/h1-8,12H,9-11H2,(H,19,25). The molecule has 0 radical (unpaired) electrons.